The molecule has 0 unspecified atom stereocenters. The SMILES string of the molecule is C=C[C@@H](NC)C(=O)N(C)CCN(C)C. The van der Waals surface area contributed by atoms with Gasteiger partial charge >= 0.3 is 0 Å². The molecule has 0 spiro atoms. The van der Waals surface area contributed by atoms with Gasteiger partial charge in [-0.3, -0.25) is 4.79 Å². The lowest BCUT2D eigenvalue weighted by molar-refractivity contribution is -0.130. The van der Waals surface area contributed by atoms with Crippen molar-refractivity contribution in [3.63, 3.8) is 0 Å². The fraction of sp³-hybridized carbons (Fsp3) is 0.700. The van der Waals surface area contributed by atoms with E-state index in [0.717, 1.165) is 13.1 Å². The van der Waals surface area contributed by atoms with Crippen LogP contribution >= 0.6 is 0 Å². The van der Waals surface area contributed by atoms with E-state index >= 15 is 0 Å². The molecule has 0 rings (SSSR count). The molecule has 82 valence electrons. The molecule has 1 N–H and O–H groups in total. The van der Waals surface area contributed by atoms with Crippen molar-refractivity contribution in [2.24, 2.45) is 0 Å². The summed E-state index contributed by atoms with van der Waals surface area (Å²) in [6.07, 6.45) is 1.62. The molecular formula is C10H21N3O. The quantitative estimate of drug-likeness (QED) is 0.601. The monoisotopic (exact) mass is 199 g/mol. The van der Waals surface area contributed by atoms with Gasteiger partial charge in [0, 0.05) is 20.1 Å². The molecule has 0 radical (unpaired) electrons. The van der Waals surface area contributed by atoms with Crippen LogP contribution in [0.15, 0.2) is 12.7 Å². The molecule has 0 bridgehead atoms. The van der Waals surface area contributed by atoms with Gasteiger partial charge in [0.05, 0.1) is 0 Å². The van der Waals surface area contributed by atoms with Crippen LogP contribution in [-0.2, 0) is 4.79 Å². The lowest BCUT2D eigenvalue weighted by Crippen LogP contribution is -2.44. The summed E-state index contributed by atoms with van der Waals surface area (Å²) in [6, 6.07) is -0.276. The number of amides is 1. The van der Waals surface area contributed by atoms with E-state index in [1.165, 1.54) is 0 Å². The fourth-order valence-corrected chi connectivity index (χ4v) is 1.04. The Balaban J connectivity index is 4.03. The van der Waals surface area contributed by atoms with E-state index in [2.05, 4.69) is 11.9 Å². The van der Waals surface area contributed by atoms with Gasteiger partial charge < -0.3 is 15.1 Å². The zero-order valence-corrected chi connectivity index (χ0v) is 9.58. The van der Waals surface area contributed by atoms with Gasteiger partial charge in [-0.15, -0.1) is 6.58 Å². The fourth-order valence-electron chi connectivity index (χ4n) is 1.04. The number of hydrogen-bond donors (Lipinski definition) is 1. The Morgan fingerprint density at radius 1 is 1.43 bits per heavy atom. The van der Waals surface area contributed by atoms with E-state index in [1.54, 1.807) is 25.1 Å². The van der Waals surface area contributed by atoms with Crippen LogP contribution in [0.5, 0.6) is 0 Å². The number of carbonyl (C=O) groups is 1. The maximum absolute atomic E-state index is 11.7. The second-order valence-electron chi connectivity index (χ2n) is 3.57. The van der Waals surface area contributed by atoms with Crippen molar-refractivity contribution in [3.8, 4) is 0 Å². The third kappa shape index (κ3) is 4.39. The van der Waals surface area contributed by atoms with E-state index in [4.69, 9.17) is 0 Å². The summed E-state index contributed by atoms with van der Waals surface area (Å²) in [6.45, 7) is 5.21. The molecule has 14 heavy (non-hydrogen) atoms. The molecule has 0 heterocycles. The van der Waals surface area contributed by atoms with Gasteiger partial charge in [0.2, 0.25) is 5.91 Å². The average molecular weight is 199 g/mol. The van der Waals surface area contributed by atoms with Gasteiger partial charge in [-0.05, 0) is 21.1 Å². The Bertz CT molecular complexity index is 192. The van der Waals surface area contributed by atoms with Crippen molar-refractivity contribution in [3.05, 3.63) is 12.7 Å². The zero-order valence-electron chi connectivity index (χ0n) is 9.58. The van der Waals surface area contributed by atoms with Crippen LogP contribution in [0.1, 0.15) is 0 Å². The van der Waals surface area contributed by atoms with Crippen molar-refractivity contribution in [1.29, 1.82) is 0 Å². The summed E-state index contributed by atoms with van der Waals surface area (Å²) < 4.78 is 0. The van der Waals surface area contributed by atoms with E-state index in [-0.39, 0.29) is 11.9 Å². The van der Waals surface area contributed by atoms with Crippen molar-refractivity contribution < 1.29 is 4.79 Å². The van der Waals surface area contributed by atoms with Crippen LogP contribution in [0.25, 0.3) is 0 Å². The van der Waals surface area contributed by atoms with Gasteiger partial charge in [0.25, 0.3) is 0 Å². The Hall–Kier alpha value is -0.870. The van der Waals surface area contributed by atoms with E-state index < -0.39 is 0 Å². The third-order valence-corrected chi connectivity index (χ3v) is 2.07. The molecule has 1 atom stereocenters. The molecule has 0 fully saturated rings. The Morgan fingerprint density at radius 3 is 2.36 bits per heavy atom. The Labute approximate surface area is 86.6 Å². The number of likely N-dealkylation sites (N-methyl/N-ethyl adjacent to an activating group) is 3. The number of nitrogens with one attached hydrogen (secondary N) is 1. The first-order chi connectivity index (χ1) is 6.52. The van der Waals surface area contributed by atoms with Gasteiger partial charge in [-0.1, -0.05) is 6.08 Å². The highest BCUT2D eigenvalue weighted by molar-refractivity contribution is 5.83. The first-order valence-corrected chi connectivity index (χ1v) is 4.72. The summed E-state index contributed by atoms with van der Waals surface area (Å²) in [4.78, 5) is 15.5. The Morgan fingerprint density at radius 2 is 2.00 bits per heavy atom. The molecule has 0 saturated heterocycles. The predicted octanol–water partition coefficient (Wildman–Crippen LogP) is -0.220. The molecule has 4 nitrogen and oxygen atoms in total. The van der Waals surface area contributed by atoms with Crippen molar-refractivity contribution in [2.45, 2.75) is 6.04 Å². The highest BCUT2D eigenvalue weighted by Crippen LogP contribution is 1.93. The number of rotatable bonds is 6. The summed E-state index contributed by atoms with van der Waals surface area (Å²) in [5, 5.41) is 2.90. The summed E-state index contributed by atoms with van der Waals surface area (Å²) in [7, 11) is 7.53. The minimum atomic E-state index is -0.276. The summed E-state index contributed by atoms with van der Waals surface area (Å²) in [5.74, 6) is 0.0596. The first kappa shape index (κ1) is 13.1. The zero-order chi connectivity index (χ0) is 11.1. The average Bonchev–Trinajstić information content (AvgIpc) is 2.15. The maximum Gasteiger partial charge on any atom is 0.243 e. The Kier molecular flexibility index (Phi) is 6.16. The van der Waals surface area contributed by atoms with E-state index in [0.29, 0.717) is 0 Å². The highest BCUT2D eigenvalue weighted by Gasteiger charge is 2.16. The van der Waals surface area contributed by atoms with Gasteiger partial charge in [-0.25, -0.2) is 0 Å². The smallest absolute Gasteiger partial charge is 0.243 e. The molecule has 0 aromatic heterocycles. The van der Waals surface area contributed by atoms with Crippen molar-refractivity contribution >= 4 is 5.91 Å². The molecule has 0 aliphatic rings. The lowest BCUT2D eigenvalue weighted by atomic mass is 10.2. The van der Waals surface area contributed by atoms with Crippen LogP contribution in [0.3, 0.4) is 0 Å². The lowest BCUT2D eigenvalue weighted by Gasteiger charge is -2.23. The molecule has 0 aromatic carbocycles. The normalized spacial score (nSPS) is 12.6. The minimum absolute atomic E-state index is 0.0596. The third-order valence-electron chi connectivity index (χ3n) is 2.07. The molecule has 0 aliphatic heterocycles. The van der Waals surface area contributed by atoms with Crippen LogP contribution < -0.4 is 5.32 Å². The molecule has 0 aliphatic carbocycles. The van der Waals surface area contributed by atoms with E-state index in [9.17, 15) is 4.79 Å². The van der Waals surface area contributed by atoms with Crippen LogP contribution in [-0.4, -0.2) is 63.0 Å². The van der Waals surface area contributed by atoms with Crippen LogP contribution in [0.2, 0.25) is 0 Å². The standard InChI is InChI=1S/C10H21N3O/c1-6-9(11-2)10(14)13(5)8-7-12(3)4/h6,9,11H,1,7-8H2,2-5H3/t9-/m1/s1. The number of carbonyl (C=O) groups excluding carboxylic acids is 1. The molecule has 0 saturated carbocycles. The highest BCUT2D eigenvalue weighted by atomic mass is 16.2. The van der Waals surface area contributed by atoms with Crippen LogP contribution in [0.4, 0.5) is 0 Å². The van der Waals surface area contributed by atoms with Gasteiger partial charge in [-0.2, -0.15) is 0 Å². The number of nitrogens with zero attached hydrogens (tertiary/aromatic N) is 2. The maximum atomic E-state index is 11.7. The summed E-state index contributed by atoms with van der Waals surface area (Å²) >= 11 is 0. The largest absolute Gasteiger partial charge is 0.343 e. The molecular weight excluding hydrogens is 178 g/mol. The second kappa shape index (κ2) is 6.56. The molecule has 4 heteroatoms. The van der Waals surface area contributed by atoms with Crippen molar-refractivity contribution in [1.82, 2.24) is 15.1 Å². The molecule has 1 amide bonds. The van der Waals surface area contributed by atoms with Gasteiger partial charge in [0.15, 0.2) is 0 Å². The van der Waals surface area contributed by atoms with Crippen molar-refractivity contribution in [2.75, 3.05) is 41.3 Å². The first-order valence-electron chi connectivity index (χ1n) is 4.72. The predicted molar refractivity (Wildman–Crippen MR) is 59.2 cm³/mol. The molecule has 0 aromatic rings. The van der Waals surface area contributed by atoms with Crippen LogP contribution in [0, 0.1) is 0 Å². The second-order valence-corrected chi connectivity index (χ2v) is 3.57. The summed E-state index contributed by atoms with van der Waals surface area (Å²) in [5.41, 5.74) is 0. The topological polar surface area (TPSA) is 35.6 Å². The number of hydrogen-bond acceptors (Lipinski definition) is 3. The minimum Gasteiger partial charge on any atom is -0.343 e. The van der Waals surface area contributed by atoms with Gasteiger partial charge in [0.1, 0.15) is 6.04 Å². The van der Waals surface area contributed by atoms with E-state index in [1.807, 2.05) is 19.0 Å².